The van der Waals surface area contributed by atoms with Crippen LogP contribution in [0.25, 0.3) is 0 Å². The van der Waals surface area contributed by atoms with Gasteiger partial charge in [-0.3, -0.25) is 19.2 Å². The summed E-state index contributed by atoms with van der Waals surface area (Å²) in [5.74, 6) is -4.41. The van der Waals surface area contributed by atoms with E-state index in [1.807, 2.05) is 20.8 Å². The smallest absolute Gasteiger partial charge is 0.338 e. The summed E-state index contributed by atoms with van der Waals surface area (Å²) in [6.45, 7) is 13.1. The maximum absolute atomic E-state index is 14.4. The molecule has 3 fully saturated rings. The van der Waals surface area contributed by atoms with Gasteiger partial charge in [0.1, 0.15) is 18.3 Å². The minimum Gasteiger partial charge on any atom is -0.461 e. The normalized spacial score (nSPS) is 39.0. The number of benzene rings is 1. The zero-order valence-corrected chi connectivity index (χ0v) is 25.9. The van der Waals surface area contributed by atoms with E-state index < -0.39 is 82.7 Å². The van der Waals surface area contributed by atoms with Gasteiger partial charge in [-0.25, -0.2) is 4.79 Å². The average molecular weight is 597 g/mol. The molecule has 1 aromatic carbocycles. The molecular formula is C33H40O10. The van der Waals surface area contributed by atoms with Crippen molar-refractivity contribution in [1.82, 2.24) is 0 Å². The highest BCUT2D eigenvalue weighted by Gasteiger charge is 2.84. The number of rotatable bonds is 5. The molecule has 5 rings (SSSR count). The van der Waals surface area contributed by atoms with Crippen molar-refractivity contribution in [2.75, 3.05) is 0 Å². The van der Waals surface area contributed by atoms with E-state index >= 15 is 0 Å². The average Bonchev–Trinajstić information content (AvgIpc) is 3.71. The molecule has 0 spiro atoms. The van der Waals surface area contributed by atoms with Gasteiger partial charge in [-0.2, -0.15) is 0 Å². The van der Waals surface area contributed by atoms with E-state index in [-0.39, 0.29) is 18.1 Å². The number of Topliss-reactive ketones (excluding diaryl/α,β-unsaturated/α-hetero) is 1. The van der Waals surface area contributed by atoms with Crippen molar-refractivity contribution in [1.29, 1.82) is 0 Å². The Labute approximate surface area is 251 Å². The van der Waals surface area contributed by atoms with Crippen LogP contribution in [0.3, 0.4) is 0 Å². The molecule has 10 nitrogen and oxygen atoms in total. The first kappa shape index (κ1) is 30.9. The Kier molecular flexibility index (Phi) is 7.60. The van der Waals surface area contributed by atoms with E-state index in [2.05, 4.69) is 0 Å². The van der Waals surface area contributed by atoms with Gasteiger partial charge in [0, 0.05) is 32.6 Å². The molecule has 1 saturated heterocycles. The number of epoxide rings is 1. The highest BCUT2D eigenvalue weighted by Crippen LogP contribution is 2.68. The lowest BCUT2D eigenvalue weighted by atomic mass is 9.80. The summed E-state index contributed by atoms with van der Waals surface area (Å²) in [6, 6.07) is 8.45. The number of ether oxygens (including phenoxy) is 5. The van der Waals surface area contributed by atoms with Crippen LogP contribution < -0.4 is 0 Å². The van der Waals surface area contributed by atoms with E-state index in [9.17, 15) is 24.0 Å². The Morgan fingerprint density at radius 3 is 1.98 bits per heavy atom. The van der Waals surface area contributed by atoms with Crippen LogP contribution in [-0.4, -0.2) is 65.3 Å². The summed E-state index contributed by atoms with van der Waals surface area (Å²) < 4.78 is 30.1. The lowest BCUT2D eigenvalue weighted by Gasteiger charge is -2.30. The Balaban J connectivity index is 1.70. The Bertz CT molecular complexity index is 1380. The maximum atomic E-state index is 14.4. The van der Waals surface area contributed by atoms with Gasteiger partial charge >= 0.3 is 23.9 Å². The summed E-state index contributed by atoms with van der Waals surface area (Å²) in [6.07, 6.45) is -1.73. The first-order valence-corrected chi connectivity index (χ1v) is 14.8. The monoisotopic (exact) mass is 596 g/mol. The van der Waals surface area contributed by atoms with Gasteiger partial charge in [-0.15, -0.1) is 0 Å². The fourth-order valence-electron chi connectivity index (χ4n) is 7.97. The van der Waals surface area contributed by atoms with E-state index in [0.717, 1.165) is 0 Å². The van der Waals surface area contributed by atoms with Gasteiger partial charge in [0.05, 0.1) is 11.5 Å². The van der Waals surface area contributed by atoms with Gasteiger partial charge in [-0.1, -0.05) is 45.9 Å². The van der Waals surface area contributed by atoms with Crippen LogP contribution in [0.2, 0.25) is 0 Å². The summed E-state index contributed by atoms with van der Waals surface area (Å²) in [4.78, 5) is 65.0. The third-order valence-electron chi connectivity index (χ3n) is 9.82. The molecule has 1 aromatic rings. The molecule has 10 heteroatoms. The molecule has 3 aliphatic carbocycles. The lowest BCUT2D eigenvalue weighted by Crippen LogP contribution is -2.43. The van der Waals surface area contributed by atoms with E-state index in [0.29, 0.717) is 11.1 Å². The topological polar surface area (TPSA) is 135 Å². The molecule has 1 aliphatic heterocycles. The third-order valence-corrected chi connectivity index (χ3v) is 9.82. The summed E-state index contributed by atoms with van der Waals surface area (Å²) in [7, 11) is 0. The van der Waals surface area contributed by atoms with Gasteiger partial charge in [-0.05, 0) is 48.5 Å². The minimum absolute atomic E-state index is 0.243. The maximum Gasteiger partial charge on any atom is 0.338 e. The van der Waals surface area contributed by atoms with Gasteiger partial charge < -0.3 is 23.7 Å². The van der Waals surface area contributed by atoms with Crippen LogP contribution >= 0.6 is 0 Å². The van der Waals surface area contributed by atoms with E-state index in [1.54, 1.807) is 50.3 Å². The van der Waals surface area contributed by atoms with E-state index in [4.69, 9.17) is 23.7 Å². The predicted octanol–water partition coefficient (Wildman–Crippen LogP) is 3.99. The Hall–Kier alpha value is -3.53. The second-order valence-electron chi connectivity index (χ2n) is 13.2. The molecule has 0 N–H and O–H groups in total. The molecule has 0 radical (unpaired) electrons. The number of carbonyl (C=O) groups excluding carboxylic acids is 5. The van der Waals surface area contributed by atoms with Crippen molar-refractivity contribution in [2.24, 2.45) is 29.1 Å². The number of ketones is 1. The molecule has 232 valence electrons. The molecule has 1 heterocycles. The Morgan fingerprint density at radius 2 is 1.40 bits per heavy atom. The lowest BCUT2D eigenvalue weighted by molar-refractivity contribution is -0.158. The van der Waals surface area contributed by atoms with Crippen LogP contribution in [0.4, 0.5) is 0 Å². The van der Waals surface area contributed by atoms with Gasteiger partial charge in [0.25, 0.3) is 0 Å². The van der Waals surface area contributed by atoms with Crippen LogP contribution in [0, 0.1) is 29.1 Å². The molecule has 4 aliphatic rings. The standard InChI is InChI=1S/C33H40O10/c1-16-14-33-29(41-21(6)36)17(2)15-32(33,43-33)28(37)18(3)26(39-19(4)34)23-24(31(23,7)8)27(40-20(5)35)25(16)42-30(38)22-12-10-9-11-13-22/h9-14,17-18,23-27,29H,15H2,1-8H3. The Morgan fingerprint density at radius 1 is 0.837 bits per heavy atom. The van der Waals surface area contributed by atoms with Crippen molar-refractivity contribution in [3.05, 3.63) is 47.5 Å². The molecule has 43 heavy (non-hydrogen) atoms. The number of hydrogen-bond donors (Lipinski definition) is 0. The summed E-state index contributed by atoms with van der Waals surface area (Å²) >= 11 is 0. The van der Waals surface area contributed by atoms with Gasteiger partial charge in [0.2, 0.25) is 0 Å². The van der Waals surface area contributed by atoms with Crippen molar-refractivity contribution in [3.8, 4) is 0 Å². The summed E-state index contributed by atoms with van der Waals surface area (Å²) in [5.41, 5.74) is -2.45. The summed E-state index contributed by atoms with van der Waals surface area (Å²) in [5, 5.41) is 0. The molecule has 2 saturated carbocycles. The van der Waals surface area contributed by atoms with Crippen molar-refractivity contribution in [3.63, 3.8) is 0 Å². The molecular weight excluding hydrogens is 556 g/mol. The quantitative estimate of drug-likeness (QED) is 0.212. The molecule has 0 bridgehead atoms. The predicted molar refractivity (Wildman–Crippen MR) is 151 cm³/mol. The van der Waals surface area contributed by atoms with Crippen LogP contribution in [0.1, 0.15) is 72.2 Å². The second kappa shape index (κ2) is 10.6. The molecule has 10 atom stereocenters. The highest BCUT2D eigenvalue weighted by molar-refractivity contribution is 5.96. The van der Waals surface area contributed by atoms with Crippen molar-refractivity contribution in [2.45, 2.75) is 97.4 Å². The number of carbonyl (C=O) groups is 5. The van der Waals surface area contributed by atoms with Crippen LogP contribution in [-0.2, 0) is 42.9 Å². The largest absolute Gasteiger partial charge is 0.461 e. The van der Waals surface area contributed by atoms with E-state index in [1.165, 1.54) is 20.8 Å². The fraction of sp³-hybridized carbons (Fsp3) is 0.606. The second-order valence-corrected chi connectivity index (χ2v) is 13.2. The zero-order valence-electron chi connectivity index (χ0n) is 25.9. The molecule has 0 aromatic heterocycles. The SMILES string of the molecule is CC(=O)OC1C(C)C(=O)C23CC(C)C(OC(C)=O)C2(C=C(C)C(OC(=O)c2ccccc2)C(OC(C)=O)C2C1C2(C)C)O3. The number of fused-ring (bicyclic) bond motifs is 1. The first-order chi connectivity index (χ1) is 20.1. The molecule has 10 unspecified atom stereocenters. The van der Waals surface area contributed by atoms with Crippen LogP contribution in [0.15, 0.2) is 42.0 Å². The van der Waals surface area contributed by atoms with Gasteiger partial charge in [0.15, 0.2) is 23.1 Å². The third kappa shape index (κ3) is 4.97. The van der Waals surface area contributed by atoms with Crippen molar-refractivity contribution >= 4 is 29.7 Å². The minimum atomic E-state index is -1.34. The van der Waals surface area contributed by atoms with Crippen LogP contribution in [0.5, 0.6) is 0 Å². The molecule has 0 amide bonds. The number of esters is 4. The zero-order chi connectivity index (χ0) is 31.6. The first-order valence-electron chi connectivity index (χ1n) is 14.8. The fourth-order valence-corrected chi connectivity index (χ4v) is 7.97. The van der Waals surface area contributed by atoms with Crippen molar-refractivity contribution < 1.29 is 47.7 Å². The number of hydrogen-bond acceptors (Lipinski definition) is 10. The highest BCUT2D eigenvalue weighted by atomic mass is 16.7.